The number of likely N-dealkylation sites (tertiary alicyclic amines) is 1. The zero-order chi connectivity index (χ0) is 14.0. The summed E-state index contributed by atoms with van der Waals surface area (Å²) in [7, 11) is -1.59. The second kappa shape index (κ2) is 5.36. The largest absolute Gasteiger partial charge is 0.506 e. The first kappa shape index (κ1) is 14.1. The highest BCUT2D eigenvalue weighted by Gasteiger charge is 2.23. The van der Waals surface area contributed by atoms with Gasteiger partial charge in [-0.2, -0.15) is 0 Å². The molecule has 0 aromatic heterocycles. The molecule has 1 unspecified atom stereocenters. The maximum absolute atomic E-state index is 12.1. The van der Waals surface area contributed by atoms with Gasteiger partial charge in [-0.15, -0.1) is 0 Å². The molecule has 0 spiro atoms. The van der Waals surface area contributed by atoms with E-state index in [0.717, 1.165) is 19.4 Å². The lowest BCUT2D eigenvalue weighted by atomic mass is 10.2. The number of aromatic hydroxyl groups is 1. The fourth-order valence-corrected chi connectivity index (χ4v) is 3.33. The van der Waals surface area contributed by atoms with Crippen LogP contribution in [0.3, 0.4) is 0 Å². The lowest BCUT2D eigenvalue weighted by Gasteiger charge is -2.19. The molecule has 0 bridgehead atoms. The summed E-state index contributed by atoms with van der Waals surface area (Å²) in [5.41, 5.74) is 5.56. The first-order valence-electron chi connectivity index (χ1n) is 6.18. The second-order valence-corrected chi connectivity index (χ2v) is 6.62. The summed E-state index contributed by atoms with van der Waals surface area (Å²) in [4.78, 5) is 2.22. The highest BCUT2D eigenvalue weighted by atomic mass is 32.2. The van der Waals surface area contributed by atoms with Crippen molar-refractivity contribution in [2.45, 2.75) is 23.8 Å². The number of rotatable bonds is 4. The summed E-state index contributed by atoms with van der Waals surface area (Å²) < 4.78 is 26.8. The van der Waals surface area contributed by atoms with E-state index in [-0.39, 0.29) is 22.4 Å². The molecule has 0 aliphatic carbocycles. The summed E-state index contributed by atoms with van der Waals surface area (Å²) in [6, 6.07) is 4.12. The number of hydrogen-bond acceptors (Lipinski definition) is 5. The molecular formula is C12H19N3O3S. The highest BCUT2D eigenvalue weighted by Crippen LogP contribution is 2.23. The summed E-state index contributed by atoms with van der Waals surface area (Å²) in [6.07, 6.45) is 2.09. The minimum Gasteiger partial charge on any atom is -0.506 e. The minimum absolute atomic E-state index is 0.0564. The van der Waals surface area contributed by atoms with E-state index >= 15 is 0 Å². The molecule has 1 aliphatic heterocycles. The molecule has 1 heterocycles. The van der Waals surface area contributed by atoms with Crippen molar-refractivity contribution in [2.24, 2.45) is 0 Å². The predicted molar refractivity (Wildman–Crippen MR) is 73.4 cm³/mol. The van der Waals surface area contributed by atoms with Gasteiger partial charge in [0.1, 0.15) is 5.75 Å². The number of likely N-dealkylation sites (N-methyl/N-ethyl adjacent to an activating group) is 1. The normalized spacial score (nSPS) is 20.8. The van der Waals surface area contributed by atoms with Crippen LogP contribution < -0.4 is 10.5 Å². The van der Waals surface area contributed by atoms with E-state index in [1.807, 2.05) is 7.05 Å². The number of nitrogens with one attached hydrogen (secondary N) is 1. The molecule has 1 atom stereocenters. The van der Waals surface area contributed by atoms with Crippen LogP contribution in [-0.2, 0) is 10.0 Å². The van der Waals surface area contributed by atoms with Crippen molar-refractivity contribution in [3.63, 3.8) is 0 Å². The molecule has 1 aliphatic rings. The van der Waals surface area contributed by atoms with Gasteiger partial charge in [0, 0.05) is 12.6 Å². The molecule has 0 radical (unpaired) electrons. The first-order chi connectivity index (χ1) is 8.90. The fraction of sp³-hybridized carbons (Fsp3) is 0.500. The highest BCUT2D eigenvalue weighted by molar-refractivity contribution is 7.89. The van der Waals surface area contributed by atoms with Crippen LogP contribution in [0, 0.1) is 0 Å². The third-order valence-electron chi connectivity index (χ3n) is 3.49. The van der Waals surface area contributed by atoms with E-state index in [4.69, 9.17) is 5.73 Å². The van der Waals surface area contributed by atoms with E-state index in [0.29, 0.717) is 6.54 Å². The predicted octanol–water partition coefficient (Wildman–Crippen LogP) is 0.347. The Kier molecular flexibility index (Phi) is 3.98. The Hall–Kier alpha value is -1.31. The number of hydrogen-bond donors (Lipinski definition) is 3. The van der Waals surface area contributed by atoms with Crippen LogP contribution in [0.5, 0.6) is 5.75 Å². The van der Waals surface area contributed by atoms with Gasteiger partial charge in [0.05, 0.1) is 10.6 Å². The molecule has 0 saturated carbocycles. The molecule has 0 amide bonds. The zero-order valence-corrected chi connectivity index (χ0v) is 11.7. The SMILES string of the molecule is CN1CCCC1CNS(=O)(=O)c1ccc(O)c(N)c1. The van der Waals surface area contributed by atoms with Crippen molar-refractivity contribution in [3.05, 3.63) is 18.2 Å². The van der Waals surface area contributed by atoms with Crippen LogP contribution in [0.1, 0.15) is 12.8 Å². The number of anilines is 1. The van der Waals surface area contributed by atoms with Crippen molar-refractivity contribution in [2.75, 3.05) is 25.9 Å². The Morgan fingerprint density at radius 1 is 1.53 bits per heavy atom. The summed E-state index contributed by atoms with van der Waals surface area (Å²) >= 11 is 0. The number of nitrogens with zero attached hydrogens (tertiary/aromatic N) is 1. The van der Waals surface area contributed by atoms with E-state index in [1.165, 1.54) is 18.2 Å². The maximum atomic E-state index is 12.1. The van der Waals surface area contributed by atoms with Crippen LogP contribution in [0.15, 0.2) is 23.1 Å². The molecule has 7 heteroatoms. The Labute approximate surface area is 113 Å². The van der Waals surface area contributed by atoms with Gasteiger partial charge in [0.15, 0.2) is 0 Å². The molecular weight excluding hydrogens is 266 g/mol. The van der Waals surface area contributed by atoms with Gasteiger partial charge < -0.3 is 15.7 Å². The lowest BCUT2D eigenvalue weighted by molar-refractivity contribution is 0.311. The molecule has 19 heavy (non-hydrogen) atoms. The van der Waals surface area contributed by atoms with Crippen LogP contribution in [0.2, 0.25) is 0 Å². The van der Waals surface area contributed by atoms with Crippen molar-refractivity contribution in [1.82, 2.24) is 9.62 Å². The standard InChI is InChI=1S/C12H19N3O3S/c1-15-6-2-3-9(15)8-14-19(17,18)10-4-5-12(16)11(13)7-10/h4-5,7,9,14,16H,2-3,6,8,13H2,1H3. The summed E-state index contributed by atoms with van der Waals surface area (Å²) in [5, 5.41) is 9.30. The number of benzene rings is 1. The molecule has 6 nitrogen and oxygen atoms in total. The Morgan fingerprint density at radius 2 is 2.26 bits per heavy atom. The van der Waals surface area contributed by atoms with E-state index < -0.39 is 10.0 Å². The number of phenolic OH excluding ortho intramolecular Hbond substituents is 1. The van der Waals surface area contributed by atoms with E-state index in [1.54, 1.807) is 0 Å². The fourth-order valence-electron chi connectivity index (χ4n) is 2.23. The number of sulfonamides is 1. The average Bonchev–Trinajstić information content (AvgIpc) is 2.76. The number of nitrogens with two attached hydrogens (primary N) is 1. The third-order valence-corrected chi connectivity index (χ3v) is 4.91. The monoisotopic (exact) mass is 285 g/mol. The molecule has 106 valence electrons. The van der Waals surface area contributed by atoms with Gasteiger partial charge in [-0.1, -0.05) is 0 Å². The smallest absolute Gasteiger partial charge is 0.240 e. The Balaban J connectivity index is 2.07. The summed E-state index contributed by atoms with van der Waals surface area (Å²) in [6.45, 7) is 1.39. The molecule has 2 rings (SSSR count). The van der Waals surface area contributed by atoms with Crippen LogP contribution in [-0.4, -0.2) is 44.6 Å². The van der Waals surface area contributed by atoms with Gasteiger partial charge >= 0.3 is 0 Å². The number of nitrogen functional groups attached to an aromatic ring is 1. The van der Waals surface area contributed by atoms with Crippen molar-refractivity contribution in [3.8, 4) is 5.75 Å². The van der Waals surface area contributed by atoms with Crippen LogP contribution in [0.25, 0.3) is 0 Å². The Bertz CT molecular complexity index is 559. The van der Waals surface area contributed by atoms with Crippen molar-refractivity contribution >= 4 is 15.7 Å². The van der Waals surface area contributed by atoms with Crippen LogP contribution in [0.4, 0.5) is 5.69 Å². The average molecular weight is 285 g/mol. The summed E-state index contributed by atoms with van der Waals surface area (Å²) in [5.74, 6) is -0.116. The van der Waals surface area contributed by atoms with Crippen molar-refractivity contribution in [1.29, 1.82) is 0 Å². The Morgan fingerprint density at radius 3 is 2.84 bits per heavy atom. The van der Waals surface area contributed by atoms with Gasteiger partial charge in [-0.3, -0.25) is 0 Å². The van der Waals surface area contributed by atoms with Gasteiger partial charge in [-0.05, 0) is 44.6 Å². The van der Waals surface area contributed by atoms with Gasteiger partial charge in [-0.25, -0.2) is 13.1 Å². The third kappa shape index (κ3) is 3.17. The van der Waals surface area contributed by atoms with Crippen molar-refractivity contribution < 1.29 is 13.5 Å². The quantitative estimate of drug-likeness (QED) is 0.548. The molecule has 4 N–H and O–H groups in total. The van der Waals surface area contributed by atoms with Crippen LogP contribution >= 0.6 is 0 Å². The maximum Gasteiger partial charge on any atom is 0.240 e. The lowest BCUT2D eigenvalue weighted by Crippen LogP contribution is -2.38. The topological polar surface area (TPSA) is 95.7 Å². The van der Waals surface area contributed by atoms with Gasteiger partial charge in [0.2, 0.25) is 10.0 Å². The number of phenols is 1. The molecule has 1 aromatic rings. The molecule has 1 fully saturated rings. The van der Waals surface area contributed by atoms with E-state index in [2.05, 4.69) is 9.62 Å². The first-order valence-corrected chi connectivity index (χ1v) is 7.67. The molecule has 1 aromatic carbocycles. The van der Waals surface area contributed by atoms with E-state index in [9.17, 15) is 13.5 Å². The van der Waals surface area contributed by atoms with Gasteiger partial charge in [0.25, 0.3) is 0 Å². The zero-order valence-electron chi connectivity index (χ0n) is 10.8. The minimum atomic E-state index is -3.58. The second-order valence-electron chi connectivity index (χ2n) is 4.85. The molecule has 1 saturated heterocycles.